The van der Waals surface area contributed by atoms with Crippen LogP contribution in [0.5, 0.6) is 0 Å². The summed E-state index contributed by atoms with van der Waals surface area (Å²) in [7, 11) is 0. The number of nitrogens with one attached hydrogen (secondary N) is 1. The van der Waals surface area contributed by atoms with E-state index < -0.39 is 0 Å². The second kappa shape index (κ2) is 5.59. The zero-order valence-corrected chi connectivity index (χ0v) is 11.0. The number of benzene rings is 1. The molecule has 2 unspecified atom stereocenters. The highest BCUT2D eigenvalue weighted by Crippen LogP contribution is 2.19. The molecule has 5 heteroatoms. The normalized spacial score (nSPS) is 20.7. The van der Waals surface area contributed by atoms with Crippen molar-refractivity contribution in [3.8, 4) is 0 Å². The number of nitrogen functional groups attached to an aromatic ring is 1. The molecule has 0 radical (unpaired) electrons. The first-order valence-corrected chi connectivity index (χ1v) is 6.43. The van der Waals surface area contributed by atoms with Gasteiger partial charge < -0.3 is 15.8 Å². The van der Waals surface area contributed by atoms with Gasteiger partial charge >= 0.3 is 0 Å². The highest BCUT2D eigenvalue weighted by Gasteiger charge is 2.24. The van der Waals surface area contributed by atoms with Gasteiger partial charge in [-0.3, -0.25) is 4.79 Å². The van der Waals surface area contributed by atoms with Crippen molar-refractivity contribution < 1.29 is 9.53 Å². The van der Waals surface area contributed by atoms with Crippen LogP contribution in [0.3, 0.4) is 0 Å². The molecule has 1 aromatic carbocycles. The first-order valence-electron chi connectivity index (χ1n) is 6.05. The summed E-state index contributed by atoms with van der Waals surface area (Å²) in [6.45, 7) is 2.71. The van der Waals surface area contributed by atoms with E-state index in [1.54, 1.807) is 18.2 Å². The van der Waals surface area contributed by atoms with Gasteiger partial charge in [-0.15, -0.1) is 0 Å². The van der Waals surface area contributed by atoms with E-state index >= 15 is 0 Å². The topological polar surface area (TPSA) is 64.4 Å². The van der Waals surface area contributed by atoms with E-state index in [9.17, 15) is 4.79 Å². The predicted molar refractivity (Wildman–Crippen MR) is 71.8 cm³/mol. The molecule has 2 atom stereocenters. The van der Waals surface area contributed by atoms with E-state index in [-0.39, 0.29) is 18.1 Å². The van der Waals surface area contributed by atoms with Crippen molar-refractivity contribution in [3.63, 3.8) is 0 Å². The number of hydrogen-bond acceptors (Lipinski definition) is 3. The number of halogens is 1. The minimum absolute atomic E-state index is 0.0293. The summed E-state index contributed by atoms with van der Waals surface area (Å²) in [5, 5.41) is 3.40. The van der Waals surface area contributed by atoms with Crippen molar-refractivity contribution in [1.29, 1.82) is 0 Å². The van der Waals surface area contributed by atoms with Gasteiger partial charge in [0.1, 0.15) is 0 Å². The third-order valence-corrected chi connectivity index (χ3v) is 3.38. The number of hydrogen-bond donors (Lipinski definition) is 2. The number of rotatable bonds is 3. The molecule has 1 aromatic rings. The average Bonchev–Trinajstić information content (AvgIpc) is 2.85. The van der Waals surface area contributed by atoms with Gasteiger partial charge in [0.2, 0.25) is 0 Å². The summed E-state index contributed by atoms with van der Waals surface area (Å²) in [5.74, 6) is -0.210. The van der Waals surface area contributed by atoms with E-state index in [4.69, 9.17) is 22.1 Å². The van der Waals surface area contributed by atoms with Crippen LogP contribution in [0.1, 0.15) is 30.1 Å². The van der Waals surface area contributed by atoms with E-state index in [2.05, 4.69) is 5.32 Å². The molecule has 2 rings (SSSR count). The fourth-order valence-electron chi connectivity index (χ4n) is 2.10. The second-order valence-electron chi connectivity index (χ2n) is 4.55. The van der Waals surface area contributed by atoms with Crippen LogP contribution in [-0.2, 0) is 4.74 Å². The number of amides is 1. The Kier molecular flexibility index (Phi) is 4.09. The average molecular weight is 269 g/mol. The quantitative estimate of drug-likeness (QED) is 0.826. The zero-order valence-electron chi connectivity index (χ0n) is 10.3. The Morgan fingerprint density at radius 3 is 3.06 bits per heavy atom. The van der Waals surface area contributed by atoms with Gasteiger partial charge in [0.15, 0.2) is 0 Å². The van der Waals surface area contributed by atoms with E-state index in [1.165, 1.54) is 0 Å². The van der Waals surface area contributed by atoms with Crippen LogP contribution < -0.4 is 11.1 Å². The van der Waals surface area contributed by atoms with Crippen molar-refractivity contribution in [2.45, 2.75) is 31.9 Å². The van der Waals surface area contributed by atoms with Crippen molar-refractivity contribution in [3.05, 3.63) is 28.8 Å². The maximum absolute atomic E-state index is 12.1. The maximum atomic E-state index is 12.1. The standard InChI is InChI=1S/C13H17ClN2O2/c1-8(12-3-2-6-18-12)16-13(17)10-7-9(14)4-5-11(10)15/h4-5,7-8,12H,2-3,6,15H2,1H3,(H,16,17). The molecular formula is C13H17ClN2O2. The number of carbonyl (C=O) groups is 1. The molecule has 1 aliphatic heterocycles. The zero-order chi connectivity index (χ0) is 13.1. The number of anilines is 1. The summed E-state index contributed by atoms with van der Waals surface area (Å²) >= 11 is 5.86. The van der Waals surface area contributed by atoms with Gasteiger partial charge in [-0.05, 0) is 38.0 Å². The summed E-state index contributed by atoms with van der Waals surface area (Å²) in [4.78, 5) is 12.1. The van der Waals surface area contributed by atoms with Gasteiger partial charge in [0, 0.05) is 17.3 Å². The van der Waals surface area contributed by atoms with E-state index in [0.717, 1.165) is 19.4 Å². The Hall–Kier alpha value is -1.26. The van der Waals surface area contributed by atoms with Crippen LogP contribution in [0.15, 0.2) is 18.2 Å². The molecular weight excluding hydrogens is 252 g/mol. The SMILES string of the molecule is CC(NC(=O)c1cc(Cl)ccc1N)C1CCCO1. The van der Waals surface area contributed by atoms with E-state index in [0.29, 0.717) is 16.3 Å². The molecule has 0 spiro atoms. The van der Waals surface area contributed by atoms with Crippen molar-refractivity contribution in [1.82, 2.24) is 5.32 Å². The summed E-state index contributed by atoms with van der Waals surface area (Å²) in [5.41, 5.74) is 6.61. The smallest absolute Gasteiger partial charge is 0.253 e. The molecule has 0 aromatic heterocycles. The Balaban J connectivity index is 2.04. The fourth-order valence-corrected chi connectivity index (χ4v) is 2.27. The van der Waals surface area contributed by atoms with Crippen LogP contribution in [0.4, 0.5) is 5.69 Å². The summed E-state index contributed by atoms with van der Waals surface area (Å²) in [6.07, 6.45) is 2.12. The molecule has 0 aliphatic carbocycles. The lowest BCUT2D eigenvalue weighted by molar-refractivity contribution is 0.0713. The molecule has 1 amide bonds. The van der Waals surface area contributed by atoms with Crippen LogP contribution in [0.2, 0.25) is 5.02 Å². The monoisotopic (exact) mass is 268 g/mol. The third-order valence-electron chi connectivity index (χ3n) is 3.14. The second-order valence-corrected chi connectivity index (χ2v) is 4.98. The van der Waals surface area contributed by atoms with Gasteiger partial charge in [0.25, 0.3) is 5.91 Å². The Morgan fingerprint density at radius 1 is 1.61 bits per heavy atom. The van der Waals surface area contributed by atoms with Crippen molar-refractivity contribution >= 4 is 23.2 Å². The molecule has 3 N–H and O–H groups in total. The minimum atomic E-state index is -0.210. The molecule has 4 nitrogen and oxygen atoms in total. The largest absolute Gasteiger partial charge is 0.398 e. The van der Waals surface area contributed by atoms with E-state index in [1.807, 2.05) is 6.92 Å². The van der Waals surface area contributed by atoms with Gasteiger partial charge in [-0.2, -0.15) is 0 Å². The lowest BCUT2D eigenvalue weighted by Crippen LogP contribution is -2.41. The lowest BCUT2D eigenvalue weighted by atomic mass is 10.1. The van der Waals surface area contributed by atoms with Crippen LogP contribution in [0, 0.1) is 0 Å². The minimum Gasteiger partial charge on any atom is -0.398 e. The molecule has 98 valence electrons. The van der Waals surface area contributed by atoms with Crippen molar-refractivity contribution in [2.75, 3.05) is 12.3 Å². The molecule has 18 heavy (non-hydrogen) atoms. The summed E-state index contributed by atoms with van der Waals surface area (Å²) < 4.78 is 5.53. The fraction of sp³-hybridized carbons (Fsp3) is 0.462. The third kappa shape index (κ3) is 2.94. The molecule has 0 saturated carbocycles. The predicted octanol–water partition coefficient (Wildman–Crippen LogP) is 2.22. The maximum Gasteiger partial charge on any atom is 0.253 e. The van der Waals surface area contributed by atoms with Gasteiger partial charge in [-0.25, -0.2) is 0 Å². The van der Waals surface area contributed by atoms with Crippen LogP contribution >= 0.6 is 11.6 Å². The lowest BCUT2D eigenvalue weighted by Gasteiger charge is -2.20. The van der Waals surface area contributed by atoms with Gasteiger partial charge in [0.05, 0.1) is 17.7 Å². The van der Waals surface area contributed by atoms with Gasteiger partial charge in [-0.1, -0.05) is 11.6 Å². The Bertz CT molecular complexity index is 445. The highest BCUT2D eigenvalue weighted by molar-refractivity contribution is 6.31. The molecule has 0 bridgehead atoms. The Morgan fingerprint density at radius 2 is 2.39 bits per heavy atom. The highest BCUT2D eigenvalue weighted by atomic mass is 35.5. The van der Waals surface area contributed by atoms with Crippen LogP contribution in [0.25, 0.3) is 0 Å². The first-order chi connectivity index (χ1) is 8.58. The number of nitrogens with two attached hydrogens (primary N) is 1. The molecule has 1 fully saturated rings. The molecule has 1 saturated heterocycles. The number of ether oxygens (including phenoxy) is 1. The van der Waals surface area contributed by atoms with Crippen LogP contribution in [-0.4, -0.2) is 24.7 Å². The number of carbonyl (C=O) groups excluding carboxylic acids is 1. The van der Waals surface area contributed by atoms with Crippen molar-refractivity contribution in [2.24, 2.45) is 0 Å². The molecule has 1 aliphatic rings. The summed E-state index contributed by atoms with van der Waals surface area (Å²) in [6, 6.07) is 4.85. The first kappa shape index (κ1) is 13.2. The Labute approximate surface area is 111 Å². The molecule has 1 heterocycles.